The molecule has 0 aromatic heterocycles. The van der Waals surface area contributed by atoms with E-state index in [1.807, 2.05) is 0 Å². The molecule has 2 aromatic rings. The predicted molar refractivity (Wildman–Crippen MR) is 123 cm³/mol. The highest BCUT2D eigenvalue weighted by molar-refractivity contribution is 5.79. The molecular weight excluding hydrogens is 480 g/mol. The number of hydrogen-bond donors (Lipinski definition) is 1. The van der Waals surface area contributed by atoms with E-state index in [0.29, 0.717) is 23.1 Å². The lowest BCUT2D eigenvalue weighted by Crippen LogP contribution is -2.56. The predicted octanol–water partition coefficient (Wildman–Crippen LogP) is 5.11. The Morgan fingerprint density at radius 1 is 1.17 bits per heavy atom. The van der Waals surface area contributed by atoms with Crippen LogP contribution in [0.4, 0.5) is 22.4 Å². The van der Waals surface area contributed by atoms with Crippen LogP contribution in [0, 0.1) is 12.7 Å². The molecule has 4 rings (SSSR count). The molecule has 6 nitrogen and oxygen atoms in total. The van der Waals surface area contributed by atoms with Gasteiger partial charge in [-0.3, -0.25) is 4.79 Å². The van der Waals surface area contributed by atoms with Crippen LogP contribution in [0.15, 0.2) is 42.5 Å². The molecule has 2 aliphatic heterocycles. The van der Waals surface area contributed by atoms with Crippen molar-refractivity contribution in [3.05, 3.63) is 70.5 Å². The van der Waals surface area contributed by atoms with Gasteiger partial charge in [0.15, 0.2) is 0 Å². The number of alkyl halides is 3. The molecule has 2 fully saturated rings. The van der Waals surface area contributed by atoms with Crippen LogP contribution in [-0.4, -0.2) is 48.7 Å². The highest BCUT2D eigenvalue weighted by atomic mass is 19.4. The second-order valence-corrected chi connectivity index (χ2v) is 9.34. The van der Waals surface area contributed by atoms with Crippen LogP contribution in [0.5, 0.6) is 0 Å². The highest BCUT2D eigenvalue weighted by Crippen LogP contribution is 2.43. The van der Waals surface area contributed by atoms with Crippen molar-refractivity contribution in [2.45, 2.75) is 63.1 Å². The fourth-order valence-electron chi connectivity index (χ4n) is 5.32. The maximum Gasteiger partial charge on any atom is 0.416 e. The Labute approximate surface area is 206 Å². The van der Waals surface area contributed by atoms with E-state index in [1.165, 1.54) is 19.2 Å². The van der Waals surface area contributed by atoms with Crippen molar-refractivity contribution in [3.8, 4) is 0 Å². The van der Waals surface area contributed by atoms with Crippen molar-refractivity contribution in [1.29, 1.82) is 0 Å². The Kier molecular flexibility index (Phi) is 7.26. The zero-order valence-corrected chi connectivity index (χ0v) is 20.1. The number of piperidine rings is 1. The van der Waals surface area contributed by atoms with Gasteiger partial charge in [0, 0.05) is 18.9 Å². The van der Waals surface area contributed by atoms with Gasteiger partial charge in [-0.05, 0) is 55.7 Å². The minimum Gasteiger partial charge on any atom is -0.453 e. The second kappa shape index (κ2) is 10.1. The number of aryl methyl sites for hydroxylation is 1. The van der Waals surface area contributed by atoms with E-state index in [9.17, 15) is 27.2 Å². The zero-order chi connectivity index (χ0) is 26.2. The molecule has 5 atom stereocenters. The first kappa shape index (κ1) is 25.9. The molecule has 0 spiro atoms. The Morgan fingerprint density at radius 3 is 2.50 bits per heavy atom. The van der Waals surface area contributed by atoms with Crippen LogP contribution in [0.1, 0.15) is 54.0 Å². The molecule has 2 aromatic carbocycles. The van der Waals surface area contributed by atoms with Crippen LogP contribution < -0.4 is 5.32 Å². The standard InChI is InChI=1S/C26H28F4N2O4/c1-14-10-17(12-18(11-14)26(28,29)30)15(2)36-21-13-32-22(33)9-8-20(31-25(34)35-3)24(32)23(21)16-4-6-19(27)7-5-16/h4-7,10-12,15,20-21,23-24H,8-9,13H2,1-3H3,(H,31,34)/t15-,20?,21+,23?,24?/m1/s1. The quantitative estimate of drug-likeness (QED) is 0.570. The average molecular weight is 509 g/mol. The Bertz CT molecular complexity index is 1120. The smallest absolute Gasteiger partial charge is 0.416 e. The number of fused-ring (bicyclic) bond motifs is 1. The summed E-state index contributed by atoms with van der Waals surface area (Å²) in [6, 6.07) is 8.68. The van der Waals surface area contributed by atoms with E-state index in [0.717, 1.165) is 12.1 Å². The van der Waals surface area contributed by atoms with E-state index < -0.39 is 53.9 Å². The number of halogens is 4. The molecule has 2 heterocycles. The van der Waals surface area contributed by atoms with E-state index in [-0.39, 0.29) is 18.9 Å². The van der Waals surface area contributed by atoms with Crippen molar-refractivity contribution < 1.29 is 36.6 Å². The average Bonchev–Trinajstić information content (AvgIpc) is 3.20. The molecule has 0 radical (unpaired) electrons. The van der Waals surface area contributed by atoms with Crippen LogP contribution in [0.25, 0.3) is 0 Å². The van der Waals surface area contributed by atoms with E-state index in [4.69, 9.17) is 9.47 Å². The second-order valence-electron chi connectivity index (χ2n) is 9.34. The van der Waals surface area contributed by atoms with E-state index >= 15 is 0 Å². The summed E-state index contributed by atoms with van der Waals surface area (Å²) < 4.78 is 65.0. The summed E-state index contributed by atoms with van der Waals surface area (Å²) in [5.41, 5.74) is 0.754. The van der Waals surface area contributed by atoms with E-state index in [2.05, 4.69) is 5.32 Å². The summed E-state index contributed by atoms with van der Waals surface area (Å²) in [6.45, 7) is 3.44. The summed E-state index contributed by atoms with van der Waals surface area (Å²) in [5, 5.41) is 2.80. The summed E-state index contributed by atoms with van der Waals surface area (Å²) in [7, 11) is 1.25. The minimum absolute atomic E-state index is 0.108. The molecule has 0 aliphatic carbocycles. The third-order valence-electron chi connectivity index (χ3n) is 6.93. The zero-order valence-electron chi connectivity index (χ0n) is 20.1. The molecule has 1 N–H and O–H groups in total. The first-order valence-corrected chi connectivity index (χ1v) is 11.7. The fraction of sp³-hybridized carbons (Fsp3) is 0.462. The molecular formula is C26H28F4N2O4. The summed E-state index contributed by atoms with van der Waals surface area (Å²) in [6.07, 6.45) is -5.84. The van der Waals surface area contributed by atoms with Crippen molar-refractivity contribution in [2.75, 3.05) is 13.7 Å². The maximum absolute atomic E-state index is 13.7. The van der Waals surface area contributed by atoms with Crippen LogP contribution >= 0.6 is 0 Å². The van der Waals surface area contributed by atoms with Gasteiger partial charge in [-0.2, -0.15) is 13.2 Å². The van der Waals surface area contributed by atoms with E-state index in [1.54, 1.807) is 36.9 Å². The number of carbonyl (C=O) groups is 2. The third-order valence-corrected chi connectivity index (χ3v) is 6.93. The lowest BCUT2D eigenvalue weighted by Gasteiger charge is -2.39. The Hall–Kier alpha value is -3.14. The first-order chi connectivity index (χ1) is 17.0. The molecule has 2 amide bonds. The molecule has 0 saturated carbocycles. The number of alkyl carbamates (subject to hydrolysis) is 1. The normalized spacial score (nSPS) is 24.9. The number of hydrogen-bond acceptors (Lipinski definition) is 4. The molecule has 2 aliphatic rings. The number of benzene rings is 2. The van der Waals surface area contributed by atoms with Crippen molar-refractivity contribution >= 4 is 12.0 Å². The van der Waals surface area contributed by atoms with Gasteiger partial charge in [0.2, 0.25) is 5.91 Å². The van der Waals surface area contributed by atoms with Crippen LogP contribution in [0.3, 0.4) is 0 Å². The lowest BCUT2D eigenvalue weighted by molar-refractivity contribution is -0.138. The number of nitrogens with zero attached hydrogens (tertiary/aromatic N) is 1. The number of ether oxygens (including phenoxy) is 2. The minimum atomic E-state index is -4.50. The maximum atomic E-state index is 13.7. The van der Waals surface area contributed by atoms with Gasteiger partial charge in [0.1, 0.15) is 5.82 Å². The Morgan fingerprint density at radius 2 is 1.86 bits per heavy atom. The van der Waals surface area contributed by atoms with Gasteiger partial charge >= 0.3 is 12.3 Å². The van der Waals surface area contributed by atoms with Crippen molar-refractivity contribution in [2.24, 2.45) is 0 Å². The van der Waals surface area contributed by atoms with Gasteiger partial charge < -0.3 is 19.7 Å². The van der Waals surface area contributed by atoms with Gasteiger partial charge in [0.25, 0.3) is 0 Å². The monoisotopic (exact) mass is 508 g/mol. The van der Waals surface area contributed by atoms with Crippen LogP contribution in [0.2, 0.25) is 0 Å². The van der Waals surface area contributed by atoms with Crippen LogP contribution in [-0.2, 0) is 20.4 Å². The lowest BCUT2D eigenvalue weighted by atomic mass is 9.83. The molecule has 36 heavy (non-hydrogen) atoms. The van der Waals surface area contributed by atoms with Gasteiger partial charge in [-0.1, -0.05) is 23.8 Å². The van der Waals surface area contributed by atoms with Crippen molar-refractivity contribution in [3.63, 3.8) is 0 Å². The number of amides is 2. The Balaban J connectivity index is 1.68. The van der Waals surface area contributed by atoms with Gasteiger partial charge in [0.05, 0.1) is 37.0 Å². The largest absolute Gasteiger partial charge is 0.453 e. The highest BCUT2D eigenvalue weighted by Gasteiger charge is 2.51. The number of carbonyl (C=O) groups excluding carboxylic acids is 2. The first-order valence-electron chi connectivity index (χ1n) is 11.7. The molecule has 10 heteroatoms. The summed E-state index contributed by atoms with van der Waals surface area (Å²) in [5.74, 6) is -0.988. The number of nitrogens with one attached hydrogen (secondary N) is 1. The van der Waals surface area contributed by atoms with Gasteiger partial charge in [-0.15, -0.1) is 0 Å². The molecule has 3 unspecified atom stereocenters. The molecule has 2 saturated heterocycles. The SMILES string of the molecule is COC(=O)NC1CCC(=O)N2C[C@H](O[C@H](C)c3cc(C)cc(C(F)(F)F)c3)C(c3ccc(F)cc3)C12. The summed E-state index contributed by atoms with van der Waals surface area (Å²) in [4.78, 5) is 26.5. The molecule has 194 valence electrons. The third kappa shape index (κ3) is 5.33. The topological polar surface area (TPSA) is 67.9 Å². The van der Waals surface area contributed by atoms with Crippen molar-refractivity contribution in [1.82, 2.24) is 10.2 Å². The fourth-order valence-corrected chi connectivity index (χ4v) is 5.32. The van der Waals surface area contributed by atoms with Gasteiger partial charge in [-0.25, -0.2) is 9.18 Å². The number of rotatable bonds is 5. The molecule has 0 bridgehead atoms. The number of methoxy groups -OCH3 is 1. The summed E-state index contributed by atoms with van der Waals surface area (Å²) >= 11 is 0.